The Morgan fingerprint density at radius 1 is 1.09 bits per heavy atom. The van der Waals surface area contributed by atoms with E-state index >= 15 is 0 Å². The fourth-order valence-corrected chi connectivity index (χ4v) is 5.88. The van der Waals surface area contributed by atoms with E-state index in [9.17, 15) is 8.42 Å². The molecule has 2 N–H and O–H groups in total. The van der Waals surface area contributed by atoms with E-state index < -0.39 is 10.0 Å². The van der Waals surface area contributed by atoms with Gasteiger partial charge in [-0.25, -0.2) is 18.1 Å². The lowest BCUT2D eigenvalue weighted by molar-refractivity contribution is 0.591. The summed E-state index contributed by atoms with van der Waals surface area (Å²) in [6.07, 6.45) is 1.81. The van der Waals surface area contributed by atoms with Gasteiger partial charge < -0.3 is 5.32 Å². The van der Waals surface area contributed by atoms with Gasteiger partial charge in [0, 0.05) is 21.2 Å². The lowest BCUT2D eigenvalue weighted by atomic mass is 9.86. The highest BCUT2D eigenvalue weighted by Crippen LogP contribution is 2.39. The molecular weight excluding hydrogens is 446 g/mol. The molecule has 1 aromatic heterocycles. The van der Waals surface area contributed by atoms with Crippen LogP contribution in [0.25, 0.3) is 10.9 Å². The second-order valence-corrected chi connectivity index (χ2v) is 10.5. The van der Waals surface area contributed by atoms with Crippen molar-refractivity contribution >= 4 is 32.6 Å². The number of anilines is 1. The molecular formula is C26H31N5O2S. The summed E-state index contributed by atoms with van der Waals surface area (Å²) in [4.78, 5) is 4.81. The molecule has 2 heterocycles. The predicted molar refractivity (Wildman–Crippen MR) is 140 cm³/mol. The molecule has 1 aliphatic heterocycles. The first-order valence-corrected chi connectivity index (χ1v) is 12.7. The molecule has 0 radical (unpaired) electrons. The molecule has 4 aromatic rings. The molecule has 1 unspecified atom stereocenters. The number of hydrogen-bond donors (Lipinski definition) is 2. The largest absolute Gasteiger partial charge is 0.324 e. The quantitative estimate of drug-likeness (QED) is 0.428. The molecule has 1 aliphatic rings. The summed E-state index contributed by atoms with van der Waals surface area (Å²) >= 11 is 0. The summed E-state index contributed by atoms with van der Waals surface area (Å²) in [5, 5.41) is 8.58. The van der Waals surface area contributed by atoms with Crippen LogP contribution in [0.5, 0.6) is 0 Å². The van der Waals surface area contributed by atoms with Gasteiger partial charge in [-0.3, -0.25) is 4.68 Å². The van der Waals surface area contributed by atoms with E-state index in [1.165, 1.54) is 11.1 Å². The van der Waals surface area contributed by atoms with Gasteiger partial charge in [-0.05, 0) is 59.9 Å². The molecule has 0 spiro atoms. The molecule has 178 valence electrons. The lowest BCUT2D eigenvalue weighted by Crippen LogP contribution is -2.41. The third-order valence-electron chi connectivity index (χ3n) is 6.51. The summed E-state index contributed by atoms with van der Waals surface area (Å²) in [6, 6.07) is 17.7. The lowest BCUT2D eigenvalue weighted by Gasteiger charge is -2.28. The zero-order valence-corrected chi connectivity index (χ0v) is 20.4. The number of sulfonamides is 1. The average molecular weight is 478 g/mol. The summed E-state index contributed by atoms with van der Waals surface area (Å²) in [6.45, 7) is 6.54. The molecule has 0 saturated carbocycles. The maximum absolute atomic E-state index is 13.1. The minimum Gasteiger partial charge on any atom is -0.324 e. The van der Waals surface area contributed by atoms with Gasteiger partial charge in [-0.1, -0.05) is 43.3 Å². The maximum atomic E-state index is 13.1. The third-order valence-corrected chi connectivity index (χ3v) is 7.89. The number of aliphatic imine (C=N–C) groups is 1. The molecule has 3 aromatic carbocycles. The van der Waals surface area contributed by atoms with Crippen molar-refractivity contribution < 1.29 is 11.3 Å². The molecule has 0 aliphatic carbocycles. The molecule has 0 saturated heterocycles. The third kappa shape index (κ3) is 3.84. The van der Waals surface area contributed by atoms with Crippen molar-refractivity contribution in [2.45, 2.75) is 38.1 Å². The molecule has 34 heavy (non-hydrogen) atoms. The number of aryl methyl sites for hydroxylation is 3. The number of rotatable bonds is 4. The van der Waals surface area contributed by atoms with Crippen molar-refractivity contribution in [3.8, 4) is 0 Å². The smallest absolute Gasteiger partial charge is 0.266 e. The van der Waals surface area contributed by atoms with Crippen LogP contribution in [0.2, 0.25) is 0 Å². The van der Waals surface area contributed by atoms with Crippen molar-refractivity contribution in [2.24, 2.45) is 12.0 Å². The molecule has 5 rings (SSSR count). The second-order valence-electron chi connectivity index (χ2n) is 8.80. The fraction of sp³-hybridized carbons (Fsp3) is 0.231. The number of fused-ring (bicyclic) bond motifs is 2. The van der Waals surface area contributed by atoms with E-state index in [4.69, 9.17) is 0 Å². The number of aromatic nitrogens is 2. The highest BCUT2D eigenvalue weighted by Gasteiger charge is 2.31. The predicted octanol–water partition coefficient (Wildman–Crippen LogP) is 5.09. The van der Waals surface area contributed by atoms with E-state index in [0.29, 0.717) is 12.2 Å². The van der Waals surface area contributed by atoms with Crippen molar-refractivity contribution in [3.63, 3.8) is 0 Å². The Labute approximate surface area is 202 Å². The van der Waals surface area contributed by atoms with Crippen LogP contribution < -0.4 is 10.0 Å². The molecule has 0 bridgehead atoms. The maximum Gasteiger partial charge on any atom is 0.266 e. The van der Waals surface area contributed by atoms with Gasteiger partial charge in [0.1, 0.15) is 4.90 Å². The molecule has 7 nitrogen and oxygen atoms in total. The van der Waals surface area contributed by atoms with Crippen LogP contribution in [0.15, 0.2) is 70.7 Å². The van der Waals surface area contributed by atoms with Crippen molar-refractivity contribution in [2.75, 3.05) is 5.32 Å². The monoisotopic (exact) mass is 477 g/mol. The SMILES string of the molecule is Cc1ccccc1C(C)c1c(C)ccc2c1NC(=NCc1ccc3c(cnn3C)c1)NS2(=O)=O.[HH].[HH]. The van der Waals surface area contributed by atoms with Gasteiger partial charge >= 0.3 is 0 Å². The summed E-state index contributed by atoms with van der Waals surface area (Å²) in [7, 11) is -1.85. The first-order chi connectivity index (χ1) is 16.2. The topological polar surface area (TPSA) is 88.4 Å². The van der Waals surface area contributed by atoms with Gasteiger partial charge in [0.15, 0.2) is 0 Å². The zero-order valence-electron chi connectivity index (χ0n) is 19.6. The number of nitrogens with zero attached hydrogens (tertiary/aromatic N) is 3. The second kappa shape index (κ2) is 8.29. The summed E-state index contributed by atoms with van der Waals surface area (Å²) in [5.74, 6) is 0.230. The zero-order chi connectivity index (χ0) is 24.0. The van der Waals surface area contributed by atoms with Crippen LogP contribution in [0, 0.1) is 13.8 Å². The highest BCUT2D eigenvalue weighted by atomic mass is 32.2. The van der Waals surface area contributed by atoms with Crippen molar-refractivity contribution in [1.82, 2.24) is 14.5 Å². The number of nitrogens with one attached hydrogen (secondary N) is 2. The Morgan fingerprint density at radius 2 is 1.88 bits per heavy atom. The standard InChI is InChI=1S/C26H27N5O2S.2H2/c1-16-7-5-6-8-21(16)18(3)24-17(2)9-12-23-25(24)29-26(30-34(23,32)33)27-14-19-10-11-22-20(13-19)15-28-31(22)4;;/h5-13,15,18H,14H2,1-4H3,(H2,27,29,30);2*1H. The Balaban J connectivity index is 0.00000180. The van der Waals surface area contributed by atoms with Gasteiger partial charge in [-0.2, -0.15) is 5.10 Å². The molecule has 0 amide bonds. The minimum absolute atomic E-state index is 0. The van der Waals surface area contributed by atoms with Gasteiger partial charge in [0.25, 0.3) is 10.0 Å². The van der Waals surface area contributed by atoms with E-state index in [2.05, 4.69) is 46.1 Å². The Bertz CT molecular complexity index is 1560. The summed E-state index contributed by atoms with van der Waals surface area (Å²) in [5.41, 5.74) is 6.92. The number of guanidine groups is 1. The molecule has 8 heteroatoms. The fourth-order valence-electron chi connectivity index (χ4n) is 4.72. The Hall–Kier alpha value is -3.65. The summed E-state index contributed by atoms with van der Waals surface area (Å²) < 4.78 is 30.6. The van der Waals surface area contributed by atoms with Crippen molar-refractivity contribution in [1.29, 1.82) is 0 Å². The average Bonchev–Trinajstić information content (AvgIpc) is 3.17. The van der Waals surface area contributed by atoms with Gasteiger partial charge in [0.05, 0.1) is 23.9 Å². The Morgan fingerprint density at radius 3 is 2.68 bits per heavy atom. The first kappa shape index (κ1) is 22.2. The van der Waals surface area contributed by atoms with E-state index in [1.54, 1.807) is 6.07 Å². The number of hydrogen-bond acceptors (Lipinski definition) is 4. The highest BCUT2D eigenvalue weighted by molar-refractivity contribution is 7.90. The van der Waals surface area contributed by atoms with Gasteiger partial charge in [-0.15, -0.1) is 0 Å². The van der Waals surface area contributed by atoms with Crippen LogP contribution in [-0.2, 0) is 23.6 Å². The van der Waals surface area contributed by atoms with Crippen LogP contribution >= 0.6 is 0 Å². The van der Waals surface area contributed by atoms with Crippen LogP contribution in [0.4, 0.5) is 5.69 Å². The van der Waals surface area contributed by atoms with Gasteiger partial charge in [0.2, 0.25) is 5.96 Å². The first-order valence-electron chi connectivity index (χ1n) is 11.2. The van der Waals surface area contributed by atoms with E-state index in [0.717, 1.165) is 27.6 Å². The van der Waals surface area contributed by atoms with Crippen LogP contribution in [-0.4, -0.2) is 24.2 Å². The van der Waals surface area contributed by atoms with E-state index in [-0.39, 0.29) is 19.6 Å². The number of benzene rings is 3. The normalized spacial score (nSPS) is 16.6. The van der Waals surface area contributed by atoms with Crippen LogP contribution in [0.3, 0.4) is 0 Å². The van der Waals surface area contributed by atoms with Crippen molar-refractivity contribution in [3.05, 3.63) is 88.6 Å². The van der Waals surface area contributed by atoms with E-state index in [1.807, 2.05) is 61.2 Å². The Kier molecular flexibility index (Phi) is 5.40. The minimum atomic E-state index is -3.75. The molecule has 0 fully saturated rings. The molecule has 1 atom stereocenters. The van der Waals surface area contributed by atoms with Crippen LogP contribution in [0.1, 0.15) is 43.5 Å².